The number of rotatable bonds is 3. The third kappa shape index (κ3) is 2.12. The van der Waals surface area contributed by atoms with Gasteiger partial charge in [0.25, 0.3) is 0 Å². The predicted molar refractivity (Wildman–Crippen MR) is 59.6 cm³/mol. The van der Waals surface area contributed by atoms with Gasteiger partial charge in [-0.2, -0.15) is 5.10 Å². The van der Waals surface area contributed by atoms with E-state index in [1.165, 1.54) is 0 Å². The molecule has 0 aliphatic carbocycles. The van der Waals surface area contributed by atoms with Gasteiger partial charge in [0.15, 0.2) is 9.84 Å². The summed E-state index contributed by atoms with van der Waals surface area (Å²) >= 11 is 0. The van der Waals surface area contributed by atoms with Crippen LogP contribution < -0.4 is 0 Å². The van der Waals surface area contributed by atoms with Crippen molar-refractivity contribution < 1.29 is 13.5 Å². The Hall–Kier alpha value is -0.880. The zero-order valence-electron chi connectivity index (χ0n) is 9.26. The summed E-state index contributed by atoms with van der Waals surface area (Å²) in [7, 11) is -1.16. The van der Waals surface area contributed by atoms with E-state index >= 15 is 0 Å². The number of nitrogens with zero attached hydrogens (tertiary/aromatic N) is 2. The van der Waals surface area contributed by atoms with E-state index in [0.717, 1.165) is 18.5 Å². The highest BCUT2D eigenvalue weighted by Gasteiger charge is 2.31. The van der Waals surface area contributed by atoms with Gasteiger partial charge in [0, 0.05) is 13.5 Å². The van der Waals surface area contributed by atoms with E-state index in [1.54, 1.807) is 17.8 Å². The number of aryl methyl sites for hydroxylation is 1. The van der Waals surface area contributed by atoms with Crippen LogP contribution in [0, 0.1) is 0 Å². The van der Waals surface area contributed by atoms with Gasteiger partial charge < -0.3 is 5.11 Å². The minimum atomic E-state index is -2.91. The largest absolute Gasteiger partial charge is 0.390 e. The van der Waals surface area contributed by atoms with Crippen LogP contribution in [0.25, 0.3) is 0 Å². The quantitative estimate of drug-likeness (QED) is 0.814. The first-order chi connectivity index (χ1) is 7.53. The molecule has 1 atom stereocenters. The van der Waals surface area contributed by atoms with Crippen molar-refractivity contribution in [1.82, 2.24) is 9.78 Å². The molecule has 0 radical (unpaired) electrons. The van der Waals surface area contributed by atoms with Gasteiger partial charge in [0.2, 0.25) is 0 Å². The van der Waals surface area contributed by atoms with E-state index in [1.807, 2.05) is 0 Å². The Morgan fingerprint density at radius 3 is 2.88 bits per heavy atom. The molecule has 6 heteroatoms. The van der Waals surface area contributed by atoms with Crippen molar-refractivity contribution in [3.8, 4) is 0 Å². The number of sulfone groups is 1. The Morgan fingerprint density at radius 1 is 1.62 bits per heavy atom. The smallest absolute Gasteiger partial charge is 0.153 e. The molecule has 1 aromatic heterocycles. The Bertz CT molecular complexity index is 478. The molecule has 1 N–H and O–H groups in total. The minimum absolute atomic E-state index is 0.0685. The van der Waals surface area contributed by atoms with Crippen LogP contribution >= 0.6 is 0 Å². The zero-order valence-corrected chi connectivity index (χ0v) is 10.1. The van der Waals surface area contributed by atoms with Crippen LogP contribution in [0.2, 0.25) is 0 Å². The highest BCUT2D eigenvalue weighted by atomic mass is 32.2. The maximum atomic E-state index is 11.6. The van der Waals surface area contributed by atoms with E-state index in [9.17, 15) is 8.42 Å². The third-order valence-corrected chi connectivity index (χ3v) is 5.36. The summed E-state index contributed by atoms with van der Waals surface area (Å²) in [5, 5.41) is 12.9. The normalized spacial score (nSPS) is 23.8. The molecule has 1 saturated heterocycles. The molecule has 1 aliphatic rings. The fourth-order valence-corrected chi connectivity index (χ4v) is 3.99. The van der Waals surface area contributed by atoms with Crippen molar-refractivity contribution >= 4 is 9.84 Å². The lowest BCUT2D eigenvalue weighted by atomic mass is 10.1. The van der Waals surface area contributed by atoms with Crippen LogP contribution in [-0.4, -0.2) is 34.3 Å². The molecule has 1 aromatic rings. The standard InChI is InChI=1S/C10H16N2O3S/c1-12-9(7-13)5-8(11-12)6-10-3-2-4-16(10,14)15/h5,10,13H,2-4,6-7H2,1H3. The molecule has 1 aliphatic heterocycles. The van der Waals surface area contributed by atoms with Crippen molar-refractivity contribution in [2.45, 2.75) is 31.1 Å². The lowest BCUT2D eigenvalue weighted by Crippen LogP contribution is -2.18. The Kier molecular flexibility index (Phi) is 3.03. The molecule has 90 valence electrons. The maximum absolute atomic E-state index is 11.6. The van der Waals surface area contributed by atoms with Crippen LogP contribution in [0.15, 0.2) is 6.07 Å². The summed E-state index contributed by atoms with van der Waals surface area (Å²) in [5.74, 6) is 0.303. The number of hydrogen-bond acceptors (Lipinski definition) is 4. The minimum Gasteiger partial charge on any atom is -0.390 e. The molecule has 5 nitrogen and oxygen atoms in total. The summed E-state index contributed by atoms with van der Waals surface area (Å²) < 4.78 is 24.9. The highest BCUT2D eigenvalue weighted by Crippen LogP contribution is 2.23. The van der Waals surface area contributed by atoms with Crippen LogP contribution in [0.5, 0.6) is 0 Å². The third-order valence-electron chi connectivity index (χ3n) is 3.09. The monoisotopic (exact) mass is 244 g/mol. The maximum Gasteiger partial charge on any atom is 0.153 e. The van der Waals surface area contributed by atoms with Gasteiger partial charge in [-0.25, -0.2) is 8.42 Å². The highest BCUT2D eigenvalue weighted by molar-refractivity contribution is 7.92. The fraction of sp³-hybridized carbons (Fsp3) is 0.700. The second-order valence-corrected chi connectivity index (χ2v) is 6.64. The molecular formula is C10H16N2O3S. The number of aliphatic hydroxyl groups excluding tert-OH is 1. The lowest BCUT2D eigenvalue weighted by Gasteiger charge is -2.05. The van der Waals surface area contributed by atoms with Crippen LogP contribution in [0.1, 0.15) is 24.2 Å². The molecule has 2 rings (SSSR count). The van der Waals surface area contributed by atoms with Gasteiger partial charge in [-0.05, 0) is 18.9 Å². The SMILES string of the molecule is Cn1nc(CC2CCCS2(=O)=O)cc1CO. The molecular weight excluding hydrogens is 228 g/mol. The first-order valence-electron chi connectivity index (χ1n) is 5.37. The number of aromatic nitrogens is 2. The van der Waals surface area contributed by atoms with Crippen LogP contribution in [-0.2, 0) is 29.9 Å². The summed E-state index contributed by atoms with van der Waals surface area (Å²) in [6.45, 7) is -0.0685. The van der Waals surface area contributed by atoms with Gasteiger partial charge >= 0.3 is 0 Å². The molecule has 16 heavy (non-hydrogen) atoms. The fourth-order valence-electron chi connectivity index (χ4n) is 2.14. The van der Waals surface area contributed by atoms with E-state index in [0.29, 0.717) is 17.9 Å². The van der Waals surface area contributed by atoms with E-state index in [4.69, 9.17) is 5.11 Å². The Balaban J connectivity index is 2.15. The molecule has 0 aromatic carbocycles. The molecule has 0 spiro atoms. The lowest BCUT2D eigenvalue weighted by molar-refractivity contribution is 0.270. The molecule has 0 bridgehead atoms. The van der Waals surface area contributed by atoms with Gasteiger partial charge in [0.05, 0.1) is 29.0 Å². The average Bonchev–Trinajstić information content (AvgIpc) is 2.71. The van der Waals surface area contributed by atoms with Gasteiger partial charge in [-0.1, -0.05) is 0 Å². The van der Waals surface area contributed by atoms with Crippen molar-refractivity contribution in [2.24, 2.45) is 7.05 Å². The predicted octanol–water partition coefficient (Wildman–Crippen LogP) is 0.0321. The summed E-state index contributed by atoms with van der Waals surface area (Å²) in [6, 6.07) is 1.77. The van der Waals surface area contributed by atoms with E-state index in [-0.39, 0.29) is 11.9 Å². The number of hydrogen-bond donors (Lipinski definition) is 1. The Morgan fingerprint density at radius 2 is 2.38 bits per heavy atom. The first-order valence-corrected chi connectivity index (χ1v) is 7.08. The topological polar surface area (TPSA) is 72.2 Å². The van der Waals surface area contributed by atoms with Crippen LogP contribution in [0.3, 0.4) is 0 Å². The molecule has 2 heterocycles. The number of aliphatic hydroxyl groups is 1. The summed E-state index contributed by atoms with van der Waals surface area (Å²) in [4.78, 5) is 0. The van der Waals surface area contributed by atoms with Gasteiger partial charge in [-0.15, -0.1) is 0 Å². The van der Waals surface area contributed by atoms with Crippen molar-refractivity contribution in [3.63, 3.8) is 0 Å². The Labute approximate surface area is 95.0 Å². The van der Waals surface area contributed by atoms with E-state index < -0.39 is 9.84 Å². The van der Waals surface area contributed by atoms with Gasteiger partial charge in [0.1, 0.15) is 0 Å². The molecule has 1 fully saturated rings. The second-order valence-electron chi connectivity index (χ2n) is 4.24. The molecule has 1 unspecified atom stereocenters. The molecule has 0 saturated carbocycles. The average molecular weight is 244 g/mol. The summed E-state index contributed by atoms with van der Waals surface area (Å²) in [6.07, 6.45) is 1.95. The molecule has 0 amide bonds. The summed E-state index contributed by atoms with van der Waals surface area (Å²) in [5.41, 5.74) is 1.47. The van der Waals surface area contributed by atoms with Gasteiger partial charge in [-0.3, -0.25) is 4.68 Å². The van der Waals surface area contributed by atoms with Crippen molar-refractivity contribution in [3.05, 3.63) is 17.5 Å². The van der Waals surface area contributed by atoms with Crippen LogP contribution in [0.4, 0.5) is 0 Å². The van der Waals surface area contributed by atoms with Crippen molar-refractivity contribution in [2.75, 3.05) is 5.75 Å². The zero-order chi connectivity index (χ0) is 11.8. The van der Waals surface area contributed by atoms with E-state index in [2.05, 4.69) is 5.10 Å². The second kappa shape index (κ2) is 4.18. The first kappa shape index (κ1) is 11.6. The van der Waals surface area contributed by atoms with Crippen molar-refractivity contribution in [1.29, 1.82) is 0 Å².